The van der Waals surface area contributed by atoms with Crippen LogP contribution in [0, 0.1) is 5.92 Å². The first-order valence-electron chi connectivity index (χ1n) is 8.36. The van der Waals surface area contributed by atoms with Crippen molar-refractivity contribution in [2.75, 3.05) is 0 Å². The molecule has 0 fully saturated rings. The molecule has 5 nitrogen and oxygen atoms in total. The molecule has 1 heterocycles. The van der Waals surface area contributed by atoms with E-state index in [1.54, 1.807) is 6.92 Å². The largest absolute Gasteiger partial charge is 0.444 e. The predicted molar refractivity (Wildman–Crippen MR) is 97.1 cm³/mol. The Morgan fingerprint density at radius 3 is 2.29 bits per heavy atom. The summed E-state index contributed by atoms with van der Waals surface area (Å²) in [6.07, 6.45) is -1.48. The highest BCUT2D eigenvalue weighted by atomic mass is 32.1. The number of carbonyl (C=O) groups excluding carboxylic acids is 1. The molecule has 1 aromatic heterocycles. The number of alkyl carbamates (subject to hydrolysis) is 1. The molecule has 0 aromatic carbocycles. The summed E-state index contributed by atoms with van der Waals surface area (Å²) in [4.78, 5) is 13.4. The van der Waals surface area contributed by atoms with Crippen molar-refractivity contribution in [2.45, 2.75) is 77.7 Å². The van der Waals surface area contributed by atoms with Gasteiger partial charge < -0.3 is 20.3 Å². The molecule has 138 valence electrons. The first kappa shape index (κ1) is 20.9. The third-order valence-electron chi connectivity index (χ3n) is 3.60. The number of ether oxygens (including phenoxy) is 1. The van der Waals surface area contributed by atoms with Gasteiger partial charge in [0.25, 0.3) is 0 Å². The fourth-order valence-electron chi connectivity index (χ4n) is 2.72. The van der Waals surface area contributed by atoms with Gasteiger partial charge in [0.05, 0.1) is 17.7 Å². The summed E-state index contributed by atoms with van der Waals surface area (Å²) in [5.74, 6) is 0.281. The highest BCUT2D eigenvalue weighted by Crippen LogP contribution is 2.37. The minimum absolute atomic E-state index is 0.225. The second-order valence-electron chi connectivity index (χ2n) is 7.80. The molecule has 0 aliphatic rings. The van der Waals surface area contributed by atoms with Crippen LogP contribution in [0.1, 0.15) is 59.3 Å². The van der Waals surface area contributed by atoms with Gasteiger partial charge in [-0.3, -0.25) is 0 Å². The summed E-state index contributed by atoms with van der Waals surface area (Å²) < 4.78 is 5.43. The van der Waals surface area contributed by atoms with Crippen molar-refractivity contribution >= 4 is 17.4 Å². The number of carbonyl (C=O) groups is 1. The number of amides is 1. The van der Waals surface area contributed by atoms with Gasteiger partial charge in [-0.05, 0) is 51.5 Å². The van der Waals surface area contributed by atoms with Crippen molar-refractivity contribution in [3.8, 4) is 0 Å². The van der Waals surface area contributed by atoms with Crippen LogP contribution < -0.4 is 5.32 Å². The fraction of sp³-hybridized carbons (Fsp3) is 0.722. The Kier molecular flexibility index (Phi) is 7.25. The van der Waals surface area contributed by atoms with Crippen molar-refractivity contribution in [1.82, 2.24) is 5.32 Å². The molecule has 1 amide bonds. The summed E-state index contributed by atoms with van der Waals surface area (Å²) >= 11 is 1.52. The topological polar surface area (TPSA) is 78.8 Å². The van der Waals surface area contributed by atoms with Crippen molar-refractivity contribution in [2.24, 2.45) is 5.92 Å². The summed E-state index contributed by atoms with van der Waals surface area (Å²) in [7, 11) is 0. The molecule has 0 unspecified atom stereocenters. The van der Waals surface area contributed by atoms with E-state index in [1.807, 2.05) is 38.3 Å². The van der Waals surface area contributed by atoms with E-state index in [1.165, 1.54) is 11.3 Å². The zero-order valence-electron chi connectivity index (χ0n) is 15.5. The molecule has 0 spiro atoms. The molecule has 0 radical (unpaired) electrons. The van der Waals surface area contributed by atoms with E-state index in [0.29, 0.717) is 6.42 Å². The molecule has 24 heavy (non-hydrogen) atoms. The lowest BCUT2D eigenvalue weighted by Gasteiger charge is -2.38. The summed E-state index contributed by atoms with van der Waals surface area (Å²) in [6.45, 7) is 11.1. The van der Waals surface area contributed by atoms with Gasteiger partial charge in [0.15, 0.2) is 0 Å². The fourth-order valence-corrected chi connectivity index (χ4v) is 3.63. The Bertz CT molecular complexity index is 508. The van der Waals surface area contributed by atoms with Crippen LogP contribution in [-0.2, 0) is 10.3 Å². The monoisotopic (exact) mass is 357 g/mol. The molecular formula is C18H31NO4S. The lowest BCUT2D eigenvalue weighted by Crippen LogP contribution is -2.51. The number of rotatable bonds is 7. The third kappa shape index (κ3) is 6.42. The van der Waals surface area contributed by atoms with Gasteiger partial charge in [-0.15, -0.1) is 11.3 Å². The van der Waals surface area contributed by atoms with Crippen LogP contribution in [0.5, 0.6) is 0 Å². The van der Waals surface area contributed by atoms with Gasteiger partial charge in [0.2, 0.25) is 0 Å². The number of aliphatic hydroxyl groups excluding tert-OH is 2. The summed E-state index contributed by atoms with van der Waals surface area (Å²) in [6, 6.07) is 3.86. The van der Waals surface area contributed by atoms with Crippen LogP contribution >= 0.6 is 11.3 Å². The van der Waals surface area contributed by atoms with Gasteiger partial charge >= 0.3 is 6.09 Å². The second-order valence-corrected chi connectivity index (χ2v) is 8.74. The molecule has 0 saturated carbocycles. The maximum atomic E-state index is 12.4. The van der Waals surface area contributed by atoms with Gasteiger partial charge in [0.1, 0.15) is 5.60 Å². The van der Waals surface area contributed by atoms with Crippen LogP contribution in [0.25, 0.3) is 0 Å². The number of aliphatic hydroxyl groups is 2. The average molecular weight is 358 g/mol. The van der Waals surface area contributed by atoms with E-state index in [2.05, 4.69) is 19.2 Å². The average Bonchev–Trinajstić information content (AvgIpc) is 2.88. The highest BCUT2D eigenvalue weighted by molar-refractivity contribution is 7.10. The van der Waals surface area contributed by atoms with Crippen LogP contribution in [0.3, 0.4) is 0 Å². The molecule has 0 aliphatic heterocycles. The standard InChI is InChI=1S/C18H31NO4S/c1-12(2)10-18(11-14(21)13(3)20,15-8-7-9-24-15)19-16(22)23-17(4,5)6/h7-9,12-14,20-21H,10-11H2,1-6H3,(H,19,22)/t13-,14-,18-/m1/s1. The molecule has 1 rings (SSSR count). The van der Waals surface area contributed by atoms with Crippen LogP contribution in [0.4, 0.5) is 4.79 Å². The number of hydrogen-bond donors (Lipinski definition) is 3. The van der Waals surface area contributed by atoms with E-state index in [-0.39, 0.29) is 12.3 Å². The van der Waals surface area contributed by atoms with E-state index in [0.717, 1.165) is 4.88 Å². The molecule has 3 N–H and O–H groups in total. The van der Waals surface area contributed by atoms with Crippen molar-refractivity contribution < 1.29 is 19.7 Å². The molecule has 1 aromatic rings. The molecule has 3 atom stereocenters. The third-order valence-corrected chi connectivity index (χ3v) is 4.68. The Labute approximate surface area is 149 Å². The minimum Gasteiger partial charge on any atom is -0.444 e. The lowest BCUT2D eigenvalue weighted by atomic mass is 9.81. The van der Waals surface area contributed by atoms with Crippen LogP contribution in [0.2, 0.25) is 0 Å². The molecule has 0 bridgehead atoms. The second kappa shape index (κ2) is 8.32. The van der Waals surface area contributed by atoms with Crippen molar-refractivity contribution in [3.05, 3.63) is 22.4 Å². The summed E-state index contributed by atoms with van der Waals surface area (Å²) in [5, 5.41) is 25.0. The van der Waals surface area contributed by atoms with Gasteiger partial charge in [-0.2, -0.15) is 0 Å². The number of hydrogen-bond acceptors (Lipinski definition) is 5. The first-order valence-corrected chi connectivity index (χ1v) is 9.24. The van der Waals surface area contributed by atoms with E-state index >= 15 is 0 Å². The summed E-state index contributed by atoms with van der Waals surface area (Å²) in [5.41, 5.74) is -1.38. The van der Waals surface area contributed by atoms with Crippen molar-refractivity contribution in [1.29, 1.82) is 0 Å². The molecule has 0 saturated heterocycles. The van der Waals surface area contributed by atoms with Crippen LogP contribution in [-0.4, -0.2) is 34.1 Å². The Balaban J connectivity index is 3.17. The first-order chi connectivity index (χ1) is 10.9. The Morgan fingerprint density at radius 1 is 1.25 bits per heavy atom. The highest BCUT2D eigenvalue weighted by Gasteiger charge is 2.39. The van der Waals surface area contributed by atoms with Crippen LogP contribution in [0.15, 0.2) is 17.5 Å². The molecular weight excluding hydrogens is 326 g/mol. The maximum Gasteiger partial charge on any atom is 0.408 e. The van der Waals surface area contributed by atoms with Gasteiger partial charge in [-0.25, -0.2) is 4.79 Å². The normalized spacial score (nSPS) is 17.2. The SMILES string of the molecule is CC(C)C[C@](C[C@@H](O)[C@@H](C)O)(NC(=O)OC(C)(C)C)c1cccs1. The van der Waals surface area contributed by atoms with E-state index < -0.39 is 29.4 Å². The zero-order chi connectivity index (χ0) is 18.5. The Hall–Kier alpha value is -1.11. The predicted octanol–water partition coefficient (Wildman–Crippen LogP) is 3.65. The smallest absolute Gasteiger partial charge is 0.408 e. The molecule has 0 aliphatic carbocycles. The maximum absolute atomic E-state index is 12.4. The Morgan fingerprint density at radius 2 is 1.88 bits per heavy atom. The van der Waals surface area contributed by atoms with E-state index in [9.17, 15) is 15.0 Å². The van der Waals surface area contributed by atoms with Gasteiger partial charge in [-0.1, -0.05) is 19.9 Å². The van der Waals surface area contributed by atoms with E-state index in [4.69, 9.17) is 4.74 Å². The van der Waals surface area contributed by atoms with Crippen molar-refractivity contribution in [3.63, 3.8) is 0 Å². The minimum atomic E-state index is -0.944. The molecule has 6 heteroatoms. The zero-order valence-corrected chi connectivity index (χ0v) is 16.3. The van der Waals surface area contributed by atoms with Gasteiger partial charge in [0, 0.05) is 11.3 Å². The number of thiophene rings is 1. The lowest BCUT2D eigenvalue weighted by molar-refractivity contribution is -0.00219. The quantitative estimate of drug-likeness (QED) is 0.696. The number of nitrogens with one attached hydrogen (secondary N) is 1.